The molecule has 2 amide bonds. The number of likely N-dealkylation sites (tertiary alicyclic amines) is 2. The Morgan fingerprint density at radius 2 is 1.67 bits per heavy atom. The predicted octanol–water partition coefficient (Wildman–Crippen LogP) is 3.06. The molecule has 1 N–H and O–H groups in total. The van der Waals surface area contributed by atoms with E-state index in [9.17, 15) is 14.7 Å². The summed E-state index contributed by atoms with van der Waals surface area (Å²) in [5.41, 5.74) is 1.07. The molecule has 3 heterocycles. The second-order valence-corrected chi connectivity index (χ2v) is 11.5. The molecule has 3 aliphatic heterocycles. The van der Waals surface area contributed by atoms with Gasteiger partial charge in [-0.15, -0.1) is 0 Å². The first-order valence-electron chi connectivity index (χ1n) is 12.7. The van der Waals surface area contributed by atoms with Crippen molar-refractivity contribution in [2.75, 3.05) is 58.3 Å². The molecule has 3 fully saturated rings. The molecule has 36 heavy (non-hydrogen) atoms. The summed E-state index contributed by atoms with van der Waals surface area (Å²) in [6, 6.07) is 15.4. The normalized spacial score (nSPS) is 21.5. The second kappa shape index (κ2) is 9.36. The topological polar surface area (TPSA) is 67.3 Å². The molecule has 192 valence electrons. The lowest BCUT2D eigenvalue weighted by Crippen LogP contribution is -2.74. The molecule has 3 saturated heterocycles. The maximum absolute atomic E-state index is 13.1. The summed E-state index contributed by atoms with van der Waals surface area (Å²) >= 11 is 6.41. The third-order valence-electron chi connectivity index (χ3n) is 8.10. The smallest absolute Gasteiger partial charge is 0.258 e. The van der Waals surface area contributed by atoms with Crippen LogP contribution < -0.4 is 4.90 Å². The minimum absolute atomic E-state index is 0.0855. The first-order chi connectivity index (χ1) is 17.1. The van der Waals surface area contributed by atoms with E-state index in [2.05, 4.69) is 9.80 Å². The monoisotopic (exact) mass is 510 g/mol. The number of anilines is 1. The molecule has 2 aromatic carbocycles. The van der Waals surface area contributed by atoms with Gasteiger partial charge in [0.2, 0.25) is 0 Å². The number of carbonyl (C=O) groups excluding carboxylic acids is 2. The molecular weight excluding hydrogens is 476 g/mol. The van der Waals surface area contributed by atoms with E-state index in [4.69, 9.17) is 11.6 Å². The molecular formula is C28H35ClN4O3. The van der Waals surface area contributed by atoms with Gasteiger partial charge in [0, 0.05) is 70.5 Å². The van der Waals surface area contributed by atoms with Gasteiger partial charge in [0.25, 0.3) is 11.8 Å². The fraction of sp³-hybridized carbons (Fsp3) is 0.500. The quantitative estimate of drug-likeness (QED) is 0.669. The van der Waals surface area contributed by atoms with Gasteiger partial charge in [0.15, 0.2) is 5.60 Å². The van der Waals surface area contributed by atoms with Crippen LogP contribution in [0.2, 0.25) is 5.02 Å². The number of hydrogen-bond acceptors (Lipinski definition) is 5. The highest BCUT2D eigenvalue weighted by molar-refractivity contribution is 6.34. The Balaban J connectivity index is 1.10. The van der Waals surface area contributed by atoms with Crippen LogP contribution in [0.5, 0.6) is 0 Å². The molecule has 0 unspecified atom stereocenters. The van der Waals surface area contributed by atoms with Crippen LogP contribution in [0.1, 0.15) is 35.7 Å². The summed E-state index contributed by atoms with van der Waals surface area (Å²) in [5, 5.41) is 11.4. The Morgan fingerprint density at radius 1 is 1.03 bits per heavy atom. The Hall–Kier alpha value is -2.61. The maximum Gasteiger partial charge on any atom is 0.258 e. The summed E-state index contributed by atoms with van der Waals surface area (Å²) < 4.78 is 0. The molecule has 0 bridgehead atoms. The molecule has 1 atom stereocenters. The zero-order valence-corrected chi connectivity index (χ0v) is 22.0. The largest absolute Gasteiger partial charge is 0.376 e. The van der Waals surface area contributed by atoms with Gasteiger partial charge in [-0.25, -0.2) is 0 Å². The number of halogens is 1. The lowest BCUT2D eigenvalue weighted by atomic mass is 9.71. The molecule has 5 rings (SSSR count). The lowest BCUT2D eigenvalue weighted by Gasteiger charge is -2.63. The van der Waals surface area contributed by atoms with Gasteiger partial charge in [-0.05, 0) is 43.5 Å². The van der Waals surface area contributed by atoms with E-state index in [1.165, 1.54) is 4.90 Å². The zero-order chi connectivity index (χ0) is 25.7. The van der Waals surface area contributed by atoms with Gasteiger partial charge in [0.1, 0.15) is 0 Å². The van der Waals surface area contributed by atoms with Crippen molar-refractivity contribution in [2.45, 2.75) is 31.4 Å². The van der Waals surface area contributed by atoms with Gasteiger partial charge < -0.3 is 19.8 Å². The van der Waals surface area contributed by atoms with E-state index >= 15 is 0 Å². The van der Waals surface area contributed by atoms with Crippen molar-refractivity contribution in [3.05, 3.63) is 64.7 Å². The highest BCUT2D eigenvalue weighted by Gasteiger charge is 2.53. The SMILES string of the molecule is CN(C)C(=O)c1ccc(N2CC3(C2)CN(C2CCN(C(=O)[C@](C)(O)c4ccccc4)CC2)C3)cc1Cl. The number of aliphatic hydroxyl groups is 1. The van der Waals surface area contributed by atoms with Crippen LogP contribution in [0.3, 0.4) is 0 Å². The molecule has 0 saturated carbocycles. The van der Waals surface area contributed by atoms with Crippen molar-refractivity contribution in [3.63, 3.8) is 0 Å². The predicted molar refractivity (Wildman–Crippen MR) is 141 cm³/mol. The average molecular weight is 511 g/mol. The van der Waals surface area contributed by atoms with Gasteiger partial charge in [0.05, 0.1) is 10.6 Å². The van der Waals surface area contributed by atoms with E-state index in [1.807, 2.05) is 41.3 Å². The summed E-state index contributed by atoms with van der Waals surface area (Å²) in [5.74, 6) is -0.295. The van der Waals surface area contributed by atoms with Gasteiger partial charge in [-0.1, -0.05) is 41.9 Å². The fourth-order valence-corrected chi connectivity index (χ4v) is 6.22. The number of benzene rings is 2. The van der Waals surface area contributed by atoms with Crippen LogP contribution in [-0.4, -0.2) is 91.0 Å². The summed E-state index contributed by atoms with van der Waals surface area (Å²) in [7, 11) is 3.45. The Kier molecular flexibility index (Phi) is 6.52. The number of piperidine rings is 1. The molecule has 8 heteroatoms. The minimum atomic E-state index is -1.49. The molecule has 3 aliphatic rings. The Morgan fingerprint density at radius 3 is 2.25 bits per heavy atom. The van der Waals surface area contributed by atoms with E-state index in [-0.39, 0.29) is 11.8 Å². The average Bonchev–Trinajstić information content (AvgIpc) is 2.82. The first kappa shape index (κ1) is 25.1. The standard InChI is InChI=1S/C28H35ClN4O3/c1-27(36,20-7-5-4-6-8-20)26(35)31-13-11-21(12-14-31)32-16-28(17-32)18-33(19-28)22-9-10-23(24(29)15-22)25(34)30(2)3/h4-10,15,21,36H,11-14,16-19H2,1-3H3/t27-/m1/s1. The fourth-order valence-electron chi connectivity index (χ4n) is 5.96. The van der Waals surface area contributed by atoms with Gasteiger partial charge in [-0.3, -0.25) is 14.5 Å². The summed E-state index contributed by atoms with van der Waals surface area (Å²) in [4.78, 5) is 33.5. The molecule has 7 nitrogen and oxygen atoms in total. The highest BCUT2D eigenvalue weighted by atomic mass is 35.5. The van der Waals surface area contributed by atoms with Crippen molar-refractivity contribution in [1.29, 1.82) is 0 Å². The van der Waals surface area contributed by atoms with Crippen LogP contribution >= 0.6 is 11.6 Å². The number of amides is 2. The van der Waals surface area contributed by atoms with E-state index in [0.29, 0.717) is 40.7 Å². The third kappa shape index (κ3) is 4.49. The Labute approximate surface area is 218 Å². The molecule has 0 radical (unpaired) electrons. The molecule has 1 spiro atoms. The van der Waals surface area contributed by atoms with Crippen molar-refractivity contribution in [1.82, 2.24) is 14.7 Å². The van der Waals surface area contributed by atoms with Crippen molar-refractivity contribution >= 4 is 29.1 Å². The molecule has 2 aromatic rings. The highest BCUT2D eigenvalue weighted by Crippen LogP contribution is 2.44. The van der Waals surface area contributed by atoms with E-state index < -0.39 is 5.60 Å². The second-order valence-electron chi connectivity index (χ2n) is 11.1. The van der Waals surface area contributed by atoms with Crippen LogP contribution in [-0.2, 0) is 10.4 Å². The third-order valence-corrected chi connectivity index (χ3v) is 8.42. The van der Waals surface area contributed by atoms with Crippen LogP contribution in [0, 0.1) is 5.41 Å². The van der Waals surface area contributed by atoms with Crippen LogP contribution in [0.15, 0.2) is 48.5 Å². The minimum Gasteiger partial charge on any atom is -0.376 e. The van der Waals surface area contributed by atoms with Crippen molar-refractivity contribution < 1.29 is 14.7 Å². The number of nitrogens with zero attached hydrogens (tertiary/aromatic N) is 4. The zero-order valence-electron chi connectivity index (χ0n) is 21.3. The van der Waals surface area contributed by atoms with Crippen molar-refractivity contribution in [3.8, 4) is 0 Å². The first-order valence-corrected chi connectivity index (χ1v) is 13.0. The number of rotatable bonds is 5. The molecule has 0 aromatic heterocycles. The summed E-state index contributed by atoms with van der Waals surface area (Å²) in [6.45, 7) is 7.11. The van der Waals surface area contributed by atoms with Gasteiger partial charge >= 0.3 is 0 Å². The lowest BCUT2D eigenvalue weighted by molar-refractivity contribution is -0.153. The summed E-state index contributed by atoms with van der Waals surface area (Å²) in [6.07, 6.45) is 1.88. The Bertz CT molecular complexity index is 1130. The maximum atomic E-state index is 13.1. The van der Waals surface area contributed by atoms with Crippen LogP contribution in [0.25, 0.3) is 0 Å². The van der Waals surface area contributed by atoms with Crippen LogP contribution in [0.4, 0.5) is 5.69 Å². The van der Waals surface area contributed by atoms with E-state index in [1.54, 1.807) is 33.2 Å². The van der Waals surface area contributed by atoms with E-state index in [0.717, 1.165) is 44.7 Å². The molecule has 0 aliphatic carbocycles. The van der Waals surface area contributed by atoms with Crippen molar-refractivity contribution in [2.24, 2.45) is 5.41 Å². The van der Waals surface area contributed by atoms with Gasteiger partial charge in [-0.2, -0.15) is 0 Å². The number of hydrogen-bond donors (Lipinski definition) is 1. The number of carbonyl (C=O) groups is 2.